The molecule has 0 bridgehead atoms. The Hall–Kier alpha value is -4.44. The first kappa shape index (κ1) is 23.3. The molecule has 36 heavy (non-hydrogen) atoms. The summed E-state index contributed by atoms with van der Waals surface area (Å²) in [7, 11) is 5.86. The maximum atomic E-state index is 12.3. The minimum Gasteiger partial charge on any atom is -0.340 e. The van der Waals surface area contributed by atoms with Crippen molar-refractivity contribution in [3.8, 4) is 11.4 Å². The molecule has 3 N–H and O–H groups in total. The number of benzene rings is 3. The molecule has 0 aliphatic carbocycles. The van der Waals surface area contributed by atoms with E-state index in [4.69, 9.17) is 9.97 Å². The fourth-order valence-corrected chi connectivity index (χ4v) is 3.98. The highest BCUT2D eigenvalue weighted by atomic mass is 16.2. The normalized spacial score (nSPS) is 11.2. The minimum atomic E-state index is -0.249. The van der Waals surface area contributed by atoms with Crippen molar-refractivity contribution in [3.05, 3.63) is 72.9 Å². The number of nitrogens with one attached hydrogen (secondary N) is 3. The van der Waals surface area contributed by atoms with Crippen LogP contribution in [-0.2, 0) is 0 Å². The number of aromatic nitrogens is 4. The van der Waals surface area contributed by atoms with Gasteiger partial charge < -0.3 is 25.4 Å². The van der Waals surface area contributed by atoms with Crippen LogP contribution in [0, 0.1) is 0 Å². The molecule has 0 atom stereocenters. The first-order valence-electron chi connectivity index (χ1n) is 11.7. The van der Waals surface area contributed by atoms with Crippen LogP contribution >= 0.6 is 0 Å². The van der Waals surface area contributed by atoms with Crippen molar-refractivity contribution >= 4 is 53.0 Å². The number of likely N-dealkylation sites (N-methyl/N-ethyl adjacent to an activating group) is 1. The Balaban J connectivity index is 1.44. The third kappa shape index (κ3) is 5.13. The average Bonchev–Trinajstić information content (AvgIpc) is 3.23. The maximum absolute atomic E-state index is 12.3. The van der Waals surface area contributed by atoms with E-state index in [0.29, 0.717) is 23.9 Å². The van der Waals surface area contributed by atoms with Crippen LogP contribution in [0.15, 0.2) is 72.9 Å². The van der Waals surface area contributed by atoms with Gasteiger partial charge in [0.15, 0.2) is 5.82 Å². The molecule has 5 rings (SSSR count). The van der Waals surface area contributed by atoms with E-state index in [-0.39, 0.29) is 6.03 Å². The van der Waals surface area contributed by atoms with Crippen molar-refractivity contribution in [2.75, 3.05) is 37.8 Å². The summed E-state index contributed by atoms with van der Waals surface area (Å²) in [6.45, 7) is 1.33. The number of fused-ring (bicyclic) bond motifs is 2. The van der Waals surface area contributed by atoms with Gasteiger partial charge in [-0.15, -0.1) is 0 Å². The second kappa shape index (κ2) is 10.0. The molecule has 2 amide bonds. The zero-order valence-electron chi connectivity index (χ0n) is 20.5. The molecule has 0 unspecified atom stereocenters. The van der Waals surface area contributed by atoms with E-state index >= 15 is 0 Å². The van der Waals surface area contributed by atoms with Crippen molar-refractivity contribution in [3.63, 3.8) is 0 Å². The monoisotopic (exact) mass is 478 g/mol. The van der Waals surface area contributed by atoms with Gasteiger partial charge in [0.1, 0.15) is 5.82 Å². The molecule has 0 fully saturated rings. The highest BCUT2D eigenvalue weighted by Crippen LogP contribution is 2.29. The first-order chi connectivity index (χ1) is 17.5. The lowest BCUT2D eigenvalue weighted by molar-refractivity contribution is 0.250. The summed E-state index contributed by atoms with van der Waals surface area (Å²) in [5.74, 6) is 1.27. The summed E-state index contributed by atoms with van der Waals surface area (Å²) in [6, 6.07) is 21.3. The molecule has 0 spiro atoms. The number of carbonyl (C=O) groups excluding carboxylic acids is 1. The molecule has 2 aromatic heterocycles. The molecule has 2 heterocycles. The second-order valence-electron chi connectivity index (χ2n) is 8.84. The van der Waals surface area contributed by atoms with E-state index in [9.17, 15) is 4.79 Å². The van der Waals surface area contributed by atoms with Crippen LogP contribution in [0.2, 0.25) is 0 Å². The molecule has 9 nitrogen and oxygen atoms in total. The van der Waals surface area contributed by atoms with Gasteiger partial charge in [0, 0.05) is 40.8 Å². The van der Waals surface area contributed by atoms with Gasteiger partial charge in [0.2, 0.25) is 7.98 Å². The van der Waals surface area contributed by atoms with Gasteiger partial charge >= 0.3 is 6.03 Å². The number of hydrogen-bond acceptors (Lipinski definition) is 6. The van der Waals surface area contributed by atoms with E-state index in [1.165, 1.54) is 0 Å². The molecule has 3 aromatic carbocycles. The minimum absolute atomic E-state index is 0.249. The average molecular weight is 478 g/mol. The zero-order valence-corrected chi connectivity index (χ0v) is 20.5. The summed E-state index contributed by atoms with van der Waals surface area (Å²) in [4.78, 5) is 23.9. The Kier molecular flexibility index (Phi) is 6.51. The number of nitrogens with zero attached hydrogens (tertiary/aromatic N) is 5. The van der Waals surface area contributed by atoms with Crippen LogP contribution in [0.25, 0.3) is 33.2 Å². The predicted octanol–water partition coefficient (Wildman–Crippen LogP) is 3.47. The lowest BCUT2D eigenvalue weighted by Crippen LogP contribution is -2.34. The van der Waals surface area contributed by atoms with E-state index in [0.717, 1.165) is 39.6 Å². The molecule has 0 radical (unpaired) electrons. The number of urea groups is 1. The summed E-state index contributed by atoms with van der Waals surface area (Å²) in [6.07, 6.45) is 1.85. The van der Waals surface area contributed by atoms with Crippen LogP contribution in [0.4, 0.5) is 22.0 Å². The Morgan fingerprint density at radius 1 is 1.00 bits per heavy atom. The van der Waals surface area contributed by atoms with Crippen molar-refractivity contribution < 1.29 is 4.79 Å². The fraction of sp³-hybridized carbons (Fsp3) is 0.154. The zero-order chi connectivity index (χ0) is 25.1. The number of amides is 2. The fourth-order valence-electron chi connectivity index (χ4n) is 3.98. The molecule has 0 saturated heterocycles. The quantitative estimate of drug-likeness (QED) is 0.310. The Morgan fingerprint density at radius 2 is 1.86 bits per heavy atom. The van der Waals surface area contributed by atoms with Gasteiger partial charge in [0.05, 0.1) is 17.2 Å². The molecule has 0 saturated carbocycles. The molecule has 0 aliphatic rings. The predicted molar refractivity (Wildman–Crippen MR) is 148 cm³/mol. The SMILES string of the molecule is Bn1ncc2cc(Nc3nc(-c4cccc(NC(=O)NCCN(C)C)c4)nc4ccccc34)ccc21. The van der Waals surface area contributed by atoms with Crippen LogP contribution in [-0.4, -0.2) is 65.8 Å². The molecule has 10 heteroatoms. The summed E-state index contributed by atoms with van der Waals surface area (Å²) >= 11 is 0. The van der Waals surface area contributed by atoms with Crippen LogP contribution < -0.4 is 16.0 Å². The standard InChI is InChI=1S/C26H27BN8O/c1-34(2)13-12-28-26(36)31-19-7-5-6-17(14-19)24-32-22-9-4-3-8-21(22)25(33-24)30-20-10-11-23-18(15-20)16-29-35(23)27/h3-11,14-16H,12-13,27H2,1-2H3,(H2,28,31,36)(H,30,32,33). The van der Waals surface area contributed by atoms with Crippen molar-refractivity contribution in [2.45, 2.75) is 0 Å². The van der Waals surface area contributed by atoms with Crippen molar-refractivity contribution in [1.29, 1.82) is 0 Å². The Morgan fingerprint density at radius 3 is 2.72 bits per heavy atom. The van der Waals surface area contributed by atoms with Gasteiger partial charge in [0.25, 0.3) is 0 Å². The largest absolute Gasteiger partial charge is 0.340 e. The molecule has 180 valence electrons. The number of para-hydroxylation sites is 1. The van der Waals surface area contributed by atoms with E-state index in [1.54, 1.807) is 0 Å². The highest BCUT2D eigenvalue weighted by Gasteiger charge is 2.12. The number of hydrogen-bond donors (Lipinski definition) is 3. The Bertz CT molecular complexity index is 1550. The van der Waals surface area contributed by atoms with Gasteiger partial charge in [-0.3, -0.25) is 0 Å². The van der Waals surface area contributed by atoms with Gasteiger partial charge in [-0.1, -0.05) is 24.3 Å². The molecule has 5 aromatic rings. The van der Waals surface area contributed by atoms with E-state index < -0.39 is 0 Å². The summed E-state index contributed by atoms with van der Waals surface area (Å²) in [5.41, 5.74) is 4.27. The number of carbonyl (C=O) groups is 1. The lowest BCUT2D eigenvalue weighted by atomic mass is 10.1. The number of anilines is 3. The van der Waals surface area contributed by atoms with E-state index in [1.807, 2.05) is 98.4 Å². The highest BCUT2D eigenvalue weighted by molar-refractivity contribution is 6.10. The van der Waals surface area contributed by atoms with Gasteiger partial charge in [-0.25, -0.2) is 14.8 Å². The third-order valence-corrected chi connectivity index (χ3v) is 5.84. The maximum Gasteiger partial charge on any atom is 0.319 e. The van der Waals surface area contributed by atoms with Crippen LogP contribution in [0.1, 0.15) is 0 Å². The Labute approximate surface area is 210 Å². The van der Waals surface area contributed by atoms with Crippen molar-refractivity contribution in [1.82, 2.24) is 29.9 Å². The lowest BCUT2D eigenvalue weighted by Gasteiger charge is -2.13. The molecular weight excluding hydrogens is 451 g/mol. The number of rotatable bonds is 7. The van der Waals surface area contributed by atoms with Crippen LogP contribution in [0.5, 0.6) is 0 Å². The van der Waals surface area contributed by atoms with Crippen LogP contribution in [0.3, 0.4) is 0 Å². The van der Waals surface area contributed by atoms with E-state index in [2.05, 4.69) is 27.1 Å². The smallest absolute Gasteiger partial charge is 0.319 e. The molecule has 0 aliphatic heterocycles. The topological polar surface area (TPSA) is 100 Å². The molecular formula is C26H27BN8O. The van der Waals surface area contributed by atoms with Gasteiger partial charge in [-0.2, -0.15) is 5.10 Å². The third-order valence-electron chi connectivity index (χ3n) is 5.84. The van der Waals surface area contributed by atoms with Gasteiger partial charge in [-0.05, 0) is 56.6 Å². The second-order valence-corrected chi connectivity index (χ2v) is 8.84. The van der Waals surface area contributed by atoms with Crippen molar-refractivity contribution in [2.24, 2.45) is 0 Å². The summed E-state index contributed by atoms with van der Waals surface area (Å²) < 4.78 is 1.85. The first-order valence-corrected chi connectivity index (χ1v) is 11.7. The summed E-state index contributed by atoms with van der Waals surface area (Å²) in [5, 5.41) is 15.5.